The molecule has 0 saturated carbocycles. The molecule has 56 valence electrons. The summed E-state index contributed by atoms with van der Waals surface area (Å²) in [5.74, 6) is -0.361. The number of esters is 1. The highest BCUT2D eigenvalue weighted by Crippen LogP contribution is 1.99. The first-order valence-electron chi connectivity index (χ1n) is 3.07. The number of ether oxygens (including phenoxy) is 2. The standard InChI is InChI=1S/C6H9NO3/c1-2-10-6(8)5-3-9-4-7-5/h3,7H,2,4H2,1H3. The molecule has 4 heteroatoms. The third-order valence-corrected chi connectivity index (χ3v) is 1.04. The summed E-state index contributed by atoms with van der Waals surface area (Å²) in [5, 5.41) is 2.71. The summed E-state index contributed by atoms with van der Waals surface area (Å²) in [4.78, 5) is 10.8. The number of nitrogens with one attached hydrogen (secondary N) is 1. The summed E-state index contributed by atoms with van der Waals surface area (Å²) in [6, 6.07) is 0. The Morgan fingerprint density at radius 2 is 2.80 bits per heavy atom. The van der Waals surface area contributed by atoms with E-state index in [0.29, 0.717) is 19.0 Å². The zero-order valence-electron chi connectivity index (χ0n) is 5.72. The number of hydrogen-bond donors (Lipinski definition) is 1. The zero-order chi connectivity index (χ0) is 7.40. The van der Waals surface area contributed by atoms with Crippen molar-refractivity contribution in [1.29, 1.82) is 0 Å². The van der Waals surface area contributed by atoms with E-state index in [4.69, 9.17) is 4.74 Å². The van der Waals surface area contributed by atoms with Crippen molar-refractivity contribution in [2.24, 2.45) is 0 Å². The van der Waals surface area contributed by atoms with Gasteiger partial charge in [-0.05, 0) is 6.92 Å². The largest absolute Gasteiger partial charge is 0.478 e. The number of carbonyl (C=O) groups is 1. The minimum Gasteiger partial charge on any atom is -0.478 e. The molecule has 1 rings (SSSR count). The molecule has 1 aliphatic heterocycles. The van der Waals surface area contributed by atoms with Gasteiger partial charge < -0.3 is 14.8 Å². The van der Waals surface area contributed by atoms with Crippen molar-refractivity contribution in [2.45, 2.75) is 6.92 Å². The second kappa shape index (κ2) is 3.10. The van der Waals surface area contributed by atoms with E-state index in [1.807, 2.05) is 0 Å². The van der Waals surface area contributed by atoms with Crippen LogP contribution in [0.5, 0.6) is 0 Å². The lowest BCUT2D eigenvalue weighted by Crippen LogP contribution is -2.18. The van der Waals surface area contributed by atoms with Gasteiger partial charge >= 0.3 is 5.97 Å². The second-order valence-corrected chi connectivity index (χ2v) is 1.74. The Bertz CT molecular complexity index is 164. The normalized spacial score (nSPS) is 15.1. The predicted molar refractivity (Wildman–Crippen MR) is 33.8 cm³/mol. The van der Waals surface area contributed by atoms with Crippen molar-refractivity contribution in [3.8, 4) is 0 Å². The highest BCUT2D eigenvalue weighted by molar-refractivity contribution is 5.87. The molecule has 0 saturated heterocycles. The molecule has 1 heterocycles. The molecular formula is C6H9NO3. The van der Waals surface area contributed by atoms with Crippen LogP contribution in [-0.4, -0.2) is 19.3 Å². The van der Waals surface area contributed by atoms with Crippen molar-refractivity contribution < 1.29 is 14.3 Å². The molecule has 0 fully saturated rings. The van der Waals surface area contributed by atoms with Gasteiger partial charge in [0.05, 0.1) is 6.61 Å². The highest BCUT2D eigenvalue weighted by Gasteiger charge is 2.13. The maximum Gasteiger partial charge on any atom is 0.357 e. The lowest BCUT2D eigenvalue weighted by Gasteiger charge is -1.99. The number of carbonyl (C=O) groups excluding carboxylic acids is 1. The fourth-order valence-corrected chi connectivity index (χ4v) is 0.615. The Kier molecular flexibility index (Phi) is 2.15. The van der Waals surface area contributed by atoms with Crippen molar-refractivity contribution in [2.75, 3.05) is 13.3 Å². The highest BCUT2D eigenvalue weighted by atomic mass is 16.5. The Labute approximate surface area is 58.8 Å². The topological polar surface area (TPSA) is 47.6 Å². The van der Waals surface area contributed by atoms with Gasteiger partial charge in [0.1, 0.15) is 6.26 Å². The zero-order valence-corrected chi connectivity index (χ0v) is 5.72. The van der Waals surface area contributed by atoms with Crippen LogP contribution in [0.4, 0.5) is 0 Å². The van der Waals surface area contributed by atoms with Gasteiger partial charge in [-0.15, -0.1) is 0 Å². The second-order valence-electron chi connectivity index (χ2n) is 1.74. The molecule has 0 unspecified atom stereocenters. The van der Waals surface area contributed by atoms with Crippen LogP contribution in [0.1, 0.15) is 6.92 Å². The van der Waals surface area contributed by atoms with Gasteiger partial charge in [-0.2, -0.15) is 0 Å². The van der Waals surface area contributed by atoms with Crippen LogP contribution in [0.2, 0.25) is 0 Å². The first kappa shape index (κ1) is 6.92. The molecule has 0 aromatic carbocycles. The van der Waals surface area contributed by atoms with E-state index >= 15 is 0 Å². The van der Waals surface area contributed by atoms with E-state index in [1.54, 1.807) is 6.92 Å². The minimum atomic E-state index is -0.361. The van der Waals surface area contributed by atoms with Crippen LogP contribution in [0, 0.1) is 0 Å². The van der Waals surface area contributed by atoms with Gasteiger partial charge in [-0.3, -0.25) is 0 Å². The van der Waals surface area contributed by atoms with Gasteiger partial charge in [0.15, 0.2) is 12.4 Å². The average Bonchev–Trinajstić information content (AvgIpc) is 2.38. The van der Waals surface area contributed by atoms with Crippen LogP contribution in [0.3, 0.4) is 0 Å². The maximum atomic E-state index is 10.8. The first-order chi connectivity index (χ1) is 4.84. The summed E-state index contributed by atoms with van der Waals surface area (Å²) in [5.41, 5.74) is 0.391. The molecular weight excluding hydrogens is 134 g/mol. The molecule has 0 bridgehead atoms. The molecule has 0 aliphatic carbocycles. The molecule has 0 amide bonds. The Balaban J connectivity index is 2.40. The maximum absolute atomic E-state index is 10.8. The Morgan fingerprint density at radius 1 is 2.00 bits per heavy atom. The lowest BCUT2D eigenvalue weighted by molar-refractivity contribution is -0.138. The van der Waals surface area contributed by atoms with Gasteiger partial charge in [0.25, 0.3) is 0 Å². The van der Waals surface area contributed by atoms with Crippen molar-refractivity contribution in [1.82, 2.24) is 5.32 Å². The van der Waals surface area contributed by atoms with Crippen LogP contribution < -0.4 is 5.32 Å². The SMILES string of the molecule is CCOC(=O)C1=COCN1. The predicted octanol–water partition coefficient (Wildman–Crippen LogP) is -0.0318. The molecule has 4 nitrogen and oxygen atoms in total. The third kappa shape index (κ3) is 1.40. The smallest absolute Gasteiger partial charge is 0.357 e. The first-order valence-corrected chi connectivity index (χ1v) is 3.07. The van der Waals surface area contributed by atoms with Gasteiger partial charge in [-0.25, -0.2) is 4.79 Å². The van der Waals surface area contributed by atoms with Gasteiger partial charge in [-0.1, -0.05) is 0 Å². The van der Waals surface area contributed by atoms with Crippen molar-refractivity contribution in [3.63, 3.8) is 0 Å². The van der Waals surface area contributed by atoms with E-state index in [9.17, 15) is 4.79 Å². The molecule has 0 aromatic heterocycles. The van der Waals surface area contributed by atoms with Gasteiger partial charge in [0.2, 0.25) is 0 Å². The van der Waals surface area contributed by atoms with E-state index in [1.165, 1.54) is 6.26 Å². The van der Waals surface area contributed by atoms with E-state index in [-0.39, 0.29) is 5.97 Å². The fraction of sp³-hybridized carbons (Fsp3) is 0.500. The van der Waals surface area contributed by atoms with Crippen LogP contribution in [-0.2, 0) is 14.3 Å². The monoisotopic (exact) mass is 143 g/mol. The van der Waals surface area contributed by atoms with E-state index < -0.39 is 0 Å². The summed E-state index contributed by atoms with van der Waals surface area (Å²) < 4.78 is 9.43. The average molecular weight is 143 g/mol. The molecule has 1 aliphatic rings. The van der Waals surface area contributed by atoms with Gasteiger partial charge in [0, 0.05) is 0 Å². The molecule has 10 heavy (non-hydrogen) atoms. The minimum absolute atomic E-state index is 0.355. The molecule has 0 atom stereocenters. The van der Waals surface area contributed by atoms with E-state index in [0.717, 1.165) is 0 Å². The fourth-order valence-electron chi connectivity index (χ4n) is 0.615. The van der Waals surface area contributed by atoms with Crippen molar-refractivity contribution >= 4 is 5.97 Å². The Morgan fingerprint density at radius 3 is 3.30 bits per heavy atom. The van der Waals surface area contributed by atoms with Crippen molar-refractivity contribution in [3.05, 3.63) is 12.0 Å². The third-order valence-electron chi connectivity index (χ3n) is 1.04. The van der Waals surface area contributed by atoms with Crippen LogP contribution >= 0.6 is 0 Å². The number of rotatable bonds is 2. The molecule has 0 aromatic rings. The summed E-state index contributed by atoms with van der Waals surface area (Å²) in [6.45, 7) is 2.50. The van der Waals surface area contributed by atoms with Crippen LogP contribution in [0.15, 0.2) is 12.0 Å². The van der Waals surface area contributed by atoms with E-state index in [2.05, 4.69) is 10.1 Å². The quantitative estimate of drug-likeness (QED) is 0.551. The molecule has 0 radical (unpaired) electrons. The molecule has 0 spiro atoms. The summed E-state index contributed by atoms with van der Waals surface area (Å²) in [6.07, 6.45) is 1.36. The lowest BCUT2D eigenvalue weighted by atomic mass is 10.5. The Hall–Kier alpha value is -1.19. The summed E-state index contributed by atoms with van der Waals surface area (Å²) >= 11 is 0. The summed E-state index contributed by atoms with van der Waals surface area (Å²) in [7, 11) is 0. The van der Waals surface area contributed by atoms with Crippen LogP contribution in [0.25, 0.3) is 0 Å². The number of hydrogen-bond acceptors (Lipinski definition) is 4. The molecule has 1 N–H and O–H groups in total.